The zero-order valence-electron chi connectivity index (χ0n) is 12.1. The van der Waals surface area contributed by atoms with Gasteiger partial charge in [-0.3, -0.25) is 9.69 Å². The molecule has 0 aliphatic rings. The van der Waals surface area contributed by atoms with Crippen molar-refractivity contribution in [3.8, 4) is 0 Å². The minimum atomic E-state index is -0.129. The molecule has 106 valence electrons. The van der Waals surface area contributed by atoms with Crippen LogP contribution in [0, 0.1) is 0 Å². The zero-order chi connectivity index (χ0) is 14.3. The van der Waals surface area contributed by atoms with Crippen LogP contribution in [0.5, 0.6) is 0 Å². The Balaban J connectivity index is 2.73. The molecule has 1 amide bonds. The number of likely N-dealkylation sites (N-methyl/N-ethyl adjacent to an activating group) is 1. The van der Waals surface area contributed by atoms with Crippen molar-refractivity contribution in [3.05, 3.63) is 29.8 Å². The van der Waals surface area contributed by atoms with Crippen molar-refractivity contribution in [1.82, 2.24) is 4.90 Å². The number of anilines is 1. The molecule has 0 saturated carbocycles. The van der Waals surface area contributed by atoms with E-state index in [1.807, 2.05) is 31.2 Å². The summed E-state index contributed by atoms with van der Waals surface area (Å²) >= 11 is 0. The van der Waals surface area contributed by atoms with Crippen molar-refractivity contribution >= 4 is 11.6 Å². The summed E-state index contributed by atoms with van der Waals surface area (Å²) < 4.78 is 0. The summed E-state index contributed by atoms with van der Waals surface area (Å²) in [6.45, 7) is 8.38. The molecule has 1 atom stereocenters. The Morgan fingerprint density at radius 3 is 2.63 bits per heavy atom. The third-order valence-electron chi connectivity index (χ3n) is 3.34. The van der Waals surface area contributed by atoms with Gasteiger partial charge in [0.25, 0.3) is 0 Å². The maximum absolute atomic E-state index is 12.3. The number of nitrogens with one attached hydrogen (secondary N) is 1. The highest BCUT2D eigenvalue weighted by atomic mass is 16.2. The van der Waals surface area contributed by atoms with Crippen LogP contribution in [-0.4, -0.2) is 29.9 Å². The molecule has 4 heteroatoms. The highest BCUT2D eigenvalue weighted by Crippen LogP contribution is 2.15. The molecular formula is C15H25N3O. The molecule has 0 radical (unpaired) electrons. The monoisotopic (exact) mass is 263 g/mol. The maximum atomic E-state index is 12.3. The Morgan fingerprint density at radius 1 is 1.37 bits per heavy atom. The summed E-state index contributed by atoms with van der Waals surface area (Å²) in [6.07, 6.45) is 1.05. The van der Waals surface area contributed by atoms with Gasteiger partial charge in [0.05, 0.1) is 6.04 Å². The van der Waals surface area contributed by atoms with E-state index in [0.717, 1.165) is 30.8 Å². The van der Waals surface area contributed by atoms with E-state index >= 15 is 0 Å². The van der Waals surface area contributed by atoms with Crippen LogP contribution in [0.3, 0.4) is 0 Å². The topological polar surface area (TPSA) is 58.4 Å². The maximum Gasteiger partial charge on any atom is 0.241 e. The van der Waals surface area contributed by atoms with Crippen molar-refractivity contribution in [2.45, 2.75) is 39.8 Å². The second-order valence-electron chi connectivity index (χ2n) is 4.66. The van der Waals surface area contributed by atoms with E-state index in [9.17, 15) is 4.79 Å². The number of carbonyl (C=O) groups is 1. The number of rotatable bonds is 7. The molecule has 1 aromatic carbocycles. The van der Waals surface area contributed by atoms with Gasteiger partial charge in [-0.25, -0.2) is 0 Å². The SMILES string of the molecule is CCCN(CC)C(C)C(=O)Nc1ccccc1CN. The Kier molecular flexibility index (Phi) is 6.53. The number of nitrogens with zero attached hydrogens (tertiary/aromatic N) is 1. The lowest BCUT2D eigenvalue weighted by molar-refractivity contribution is -0.120. The van der Waals surface area contributed by atoms with Gasteiger partial charge in [-0.1, -0.05) is 32.0 Å². The predicted octanol–water partition coefficient (Wildman–Crippen LogP) is 2.20. The molecule has 0 aliphatic heterocycles. The molecule has 4 nitrogen and oxygen atoms in total. The Bertz CT molecular complexity index is 406. The van der Waals surface area contributed by atoms with Gasteiger partial charge in [-0.15, -0.1) is 0 Å². The lowest BCUT2D eigenvalue weighted by Gasteiger charge is -2.26. The molecule has 1 unspecified atom stereocenters. The largest absolute Gasteiger partial charge is 0.326 e. The third-order valence-corrected chi connectivity index (χ3v) is 3.34. The highest BCUT2D eigenvalue weighted by Gasteiger charge is 2.19. The average molecular weight is 263 g/mol. The lowest BCUT2D eigenvalue weighted by Crippen LogP contribution is -2.42. The molecule has 0 spiro atoms. The van der Waals surface area contributed by atoms with E-state index in [2.05, 4.69) is 24.1 Å². The average Bonchev–Trinajstić information content (AvgIpc) is 2.44. The number of hydrogen-bond acceptors (Lipinski definition) is 3. The van der Waals surface area contributed by atoms with Gasteiger partial charge in [0, 0.05) is 12.2 Å². The summed E-state index contributed by atoms with van der Waals surface area (Å²) in [7, 11) is 0. The van der Waals surface area contributed by atoms with Crippen LogP contribution in [0.25, 0.3) is 0 Å². The quantitative estimate of drug-likeness (QED) is 0.793. The van der Waals surface area contributed by atoms with Crippen molar-refractivity contribution in [3.63, 3.8) is 0 Å². The molecule has 0 aromatic heterocycles. The van der Waals surface area contributed by atoms with Crippen molar-refractivity contribution < 1.29 is 4.79 Å². The second kappa shape index (κ2) is 7.92. The normalized spacial score (nSPS) is 12.5. The van der Waals surface area contributed by atoms with E-state index in [1.54, 1.807) is 0 Å². The van der Waals surface area contributed by atoms with Crippen molar-refractivity contribution in [2.24, 2.45) is 5.73 Å². The number of para-hydroxylation sites is 1. The van der Waals surface area contributed by atoms with Crippen molar-refractivity contribution in [1.29, 1.82) is 0 Å². The lowest BCUT2D eigenvalue weighted by atomic mass is 10.1. The molecule has 3 N–H and O–H groups in total. The smallest absolute Gasteiger partial charge is 0.241 e. The summed E-state index contributed by atoms with van der Waals surface area (Å²) in [4.78, 5) is 14.4. The van der Waals surface area contributed by atoms with E-state index in [4.69, 9.17) is 5.73 Å². The van der Waals surface area contributed by atoms with E-state index in [0.29, 0.717) is 6.54 Å². The summed E-state index contributed by atoms with van der Waals surface area (Å²) in [5, 5.41) is 2.97. The first-order valence-corrected chi connectivity index (χ1v) is 6.96. The molecule has 1 rings (SSSR count). The Labute approximate surface area is 116 Å². The van der Waals surface area contributed by atoms with E-state index in [-0.39, 0.29) is 11.9 Å². The van der Waals surface area contributed by atoms with Crippen LogP contribution < -0.4 is 11.1 Å². The van der Waals surface area contributed by atoms with Gasteiger partial charge in [-0.2, -0.15) is 0 Å². The van der Waals surface area contributed by atoms with Crippen LogP contribution >= 0.6 is 0 Å². The number of benzene rings is 1. The molecule has 0 saturated heterocycles. The fraction of sp³-hybridized carbons (Fsp3) is 0.533. The molecular weight excluding hydrogens is 238 g/mol. The first kappa shape index (κ1) is 15.7. The van der Waals surface area contributed by atoms with Crippen LogP contribution in [0.1, 0.15) is 32.8 Å². The molecule has 0 aliphatic carbocycles. The van der Waals surface area contributed by atoms with Crippen LogP contribution in [-0.2, 0) is 11.3 Å². The predicted molar refractivity (Wildman–Crippen MR) is 80.0 cm³/mol. The van der Waals surface area contributed by atoms with Gasteiger partial charge >= 0.3 is 0 Å². The number of amides is 1. The zero-order valence-corrected chi connectivity index (χ0v) is 12.1. The molecule has 19 heavy (non-hydrogen) atoms. The molecule has 0 heterocycles. The minimum absolute atomic E-state index is 0.0243. The Hall–Kier alpha value is -1.39. The fourth-order valence-electron chi connectivity index (χ4n) is 2.14. The standard InChI is InChI=1S/C15H25N3O/c1-4-10-18(5-2)12(3)15(19)17-14-9-7-6-8-13(14)11-16/h6-9,12H,4-5,10-11,16H2,1-3H3,(H,17,19). The minimum Gasteiger partial charge on any atom is -0.326 e. The first-order chi connectivity index (χ1) is 9.13. The fourth-order valence-corrected chi connectivity index (χ4v) is 2.14. The van der Waals surface area contributed by atoms with Gasteiger partial charge in [0.1, 0.15) is 0 Å². The van der Waals surface area contributed by atoms with Crippen molar-refractivity contribution in [2.75, 3.05) is 18.4 Å². The van der Waals surface area contributed by atoms with Gasteiger partial charge < -0.3 is 11.1 Å². The molecule has 1 aromatic rings. The van der Waals surface area contributed by atoms with Gasteiger partial charge in [0.15, 0.2) is 0 Å². The number of nitrogens with two attached hydrogens (primary N) is 1. The number of carbonyl (C=O) groups excluding carboxylic acids is 1. The third kappa shape index (κ3) is 4.33. The Morgan fingerprint density at radius 2 is 2.05 bits per heavy atom. The van der Waals surface area contributed by atoms with E-state index < -0.39 is 0 Å². The van der Waals surface area contributed by atoms with Crippen LogP contribution in [0.4, 0.5) is 5.69 Å². The first-order valence-electron chi connectivity index (χ1n) is 6.96. The highest BCUT2D eigenvalue weighted by molar-refractivity contribution is 5.95. The van der Waals surface area contributed by atoms with Crippen LogP contribution in [0.15, 0.2) is 24.3 Å². The summed E-state index contributed by atoms with van der Waals surface area (Å²) in [5.74, 6) is 0.0243. The summed E-state index contributed by atoms with van der Waals surface area (Å²) in [5.41, 5.74) is 7.45. The van der Waals surface area contributed by atoms with Crippen LogP contribution in [0.2, 0.25) is 0 Å². The van der Waals surface area contributed by atoms with Gasteiger partial charge in [-0.05, 0) is 38.1 Å². The second-order valence-corrected chi connectivity index (χ2v) is 4.66. The number of hydrogen-bond donors (Lipinski definition) is 2. The summed E-state index contributed by atoms with van der Waals surface area (Å²) in [6, 6.07) is 7.53. The molecule has 0 bridgehead atoms. The molecule has 0 fully saturated rings. The van der Waals surface area contributed by atoms with E-state index in [1.165, 1.54) is 0 Å². The van der Waals surface area contributed by atoms with Gasteiger partial charge in [0.2, 0.25) is 5.91 Å².